The van der Waals surface area contributed by atoms with Crippen molar-refractivity contribution in [2.75, 3.05) is 13.2 Å². The van der Waals surface area contributed by atoms with Crippen molar-refractivity contribution in [2.24, 2.45) is 0 Å². The topological polar surface area (TPSA) is 311 Å². The van der Waals surface area contributed by atoms with E-state index in [4.69, 9.17) is 18.9 Å². The van der Waals surface area contributed by atoms with Gasteiger partial charge in [0.15, 0.2) is 5.78 Å². The lowest BCUT2D eigenvalue weighted by Crippen LogP contribution is -2.56. The Kier molecular flexibility index (Phi) is 13.0. The van der Waals surface area contributed by atoms with E-state index in [0.717, 1.165) is 19.1 Å². The highest BCUT2D eigenvalue weighted by Gasteiger charge is 2.51. The van der Waals surface area contributed by atoms with Crippen LogP contribution in [0.15, 0.2) is 60.7 Å². The number of carbonyl (C=O) groups is 3. The van der Waals surface area contributed by atoms with E-state index in [1.54, 1.807) is 0 Å². The zero-order chi connectivity index (χ0) is 41.0. The van der Waals surface area contributed by atoms with Crippen LogP contribution in [0.3, 0.4) is 0 Å². The number of carbonyl (C=O) groups excluding carboxylic acids is 3. The molecule has 18 nitrogen and oxygen atoms in total. The number of benzene rings is 3. The van der Waals surface area contributed by atoms with Crippen LogP contribution >= 0.6 is 0 Å². The van der Waals surface area contributed by atoms with Crippen molar-refractivity contribution < 1.29 is 89.5 Å². The van der Waals surface area contributed by atoms with Crippen molar-refractivity contribution in [1.82, 2.24) is 0 Å². The molecule has 0 amide bonds. The first kappa shape index (κ1) is 41.6. The van der Waals surface area contributed by atoms with E-state index >= 15 is 0 Å². The number of Topliss-reactive ketones (excluding diaryl/α,β-unsaturated/α-hetero) is 1. The molecule has 0 unspecified atom stereocenters. The van der Waals surface area contributed by atoms with E-state index < -0.39 is 126 Å². The lowest BCUT2D eigenvalue weighted by molar-refractivity contribution is -0.236. The summed E-state index contributed by atoms with van der Waals surface area (Å²) in [5, 5.41) is 118. The highest BCUT2D eigenvalue weighted by Crippen LogP contribution is 2.52. The molecular weight excluding hydrogens is 744 g/mol. The summed E-state index contributed by atoms with van der Waals surface area (Å²) >= 11 is 0. The first-order chi connectivity index (χ1) is 26.5. The Morgan fingerprint density at radius 1 is 0.554 bits per heavy atom. The summed E-state index contributed by atoms with van der Waals surface area (Å²) < 4.78 is 21.7. The van der Waals surface area contributed by atoms with E-state index in [0.29, 0.717) is 11.1 Å². The highest BCUT2D eigenvalue weighted by molar-refractivity contribution is 6.01. The van der Waals surface area contributed by atoms with Gasteiger partial charge in [0, 0.05) is 12.2 Å². The smallest absolute Gasteiger partial charge is 0.330 e. The van der Waals surface area contributed by atoms with E-state index in [9.17, 15) is 70.6 Å². The maximum atomic E-state index is 12.8. The molecule has 0 saturated carbocycles. The van der Waals surface area contributed by atoms with Gasteiger partial charge in [0.1, 0.15) is 109 Å². The first-order valence-corrected chi connectivity index (χ1v) is 17.0. The van der Waals surface area contributed by atoms with Crippen molar-refractivity contribution in [3.05, 3.63) is 88.5 Å². The third-order valence-corrected chi connectivity index (χ3v) is 9.23. The molecule has 10 atom stereocenters. The molecule has 0 bridgehead atoms. The van der Waals surface area contributed by atoms with Crippen LogP contribution in [0.1, 0.15) is 51.7 Å². The summed E-state index contributed by atoms with van der Waals surface area (Å²) in [5.41, 5.74) is -1.58. The second-order valence-electron chi connectivity index (χ2n) is 13.0. The lowest BCUT2D eigenvalue weighted by atomic mass is 9.84. The van der Waals surface area contributed by atoms with E-state index in [1.807, 2.05) is 0 Å². The number of phenolic OH excluding ortho intramolecular Hbond substituents is 5. The molecule has 2 aliphatic heterocycles. The molecule has 5 rings (SSSR count). The normalized spacial score (nSPS) is 28.0. The fourth-order valence-electron chi connectivity index (χ4n) is 6.20. The van der Waals surface area contributed by atoms with Gasteiger partial charge in [-0.3, -0.25) is 4.79 Å². The predicted molar refractivity (Wildman–Crippen MR) is 189 cm³/mol. The van der Waals surface area contributed by atoms with Crippen LogP contribution in [0.2, 0.25) is 0 Å². The van der Waals surface area contributed by atoms with Crippen LogP contribution in [0.5, 0.6) is 28.7 Å². The summed E-state index contributed by atoms with van der Waals surface area (Å²) in [6.45, 7) is -0.620. The molecular formula is C38H40O18. The van der Waals surface area contributed by atoms with Gasteiger partial charge in [0.05, 0.1) is 11.1 Å². The molecule has 0 spiro atoms. The summed E-state index contributed by atoms with van der Waals surface area (Å²) in [4.78, 5) is 37.7. The fourth-order valence-corrected chi connectivity index (χ4v) is 6.20. The molecule has 3 aromatic rings. The zero-order valence-corrected chi connectivity index (χ0v) is 29.4. The molecule has 0 radical (unpaired) electrons. The SMILES string of the molecule is CC(=O)c1c(O)c([C@@H]2O[C@H](COC(=O)/C=C/c3ccc(O)cc3)[C@@H](O)[C@H](O)[C@H]2O)c(O)c([C@@H]2O[C@H](COC(=O)/C=C/c3ccc(O)cc3)[C@@H](O)[C@H](O)[C@H]2O)c1O. The minimum Gasteiger partial charge on any atom is -0.508 e. The molecule has 300 valence electrons. The van der Waals surface area contributed by atoms with Crippen molar-refractivity contribution in [3.8, 4) is 28.7 Å². The van der Waals surface area contributed by atoms with Crippen LogP contribution < -0.4 is 0 Å². The largest absolute Gasteiger partial charge is 0.508 e. The summed E-state index contributed by atoms with van der Waals surface area (Å²) in [5.74, 6) is -6.44. The van der Waals surface area contributed by atoms with Crippen LogP contribution in [-0.4, -0.2) is 136 Å². The minimum absolute atomic E-state index is 0.00450. The van der Waals surface area contributed by atoms with E-state index in [2.05, 4.69) is 0 Å². The maximum absolute atomic E-state index is 12.8. The second-order valence-corrected chi connectivity index (χ2v) is 13.0. The molecule has 0 aromatic heterocycles. The monoisotopic (exact) mass is 784 g/mol. The molecule has 56 heavy (non-hydrogen) atoms. The Balaban J connectivity index is 1.41. The minimum atomic E-state index is -2.16. The second kappa shape index (κ2) is 17.5. The molecule has 2 saturated heterocycles. The number of phenols is 5. The fraction of sp³-hybridized carbons (Fsp3) is 0.342. The van der Waals surface area contributed by atoms with Crippen LogP contribution in [0.4, 0.5) is 0 Å². The van der Waals surface area contributed by atoms with Crippen LogP contribution in [0.25, 0.3) is 12.2 Å². The predicted octanol–water partition coefficient (Wildman–Crippen LogP) is -0.0244. The Hall–Kier alpha value is -5.57. The number of hydrogen-bond acceptors (Lipinski definition) is 18. The average Bonchev–Trinajstić information content (AvgIpc) is 3.16. The van der Waals surface area contributed by atoms with Gasteiger partial charge in [0.25, 0.3) is 0 Å². The number of aromatic hydroxyl groups is 5. The van der Waals surface area contributed by atoms with Crippen molar-refractivity contribution >= 4 is 29.9 Å². The van der Waals surface area contributed by atoms with Gasteiger partial charge in [-0.2, -0.15) is 0 Å². The number of esters is 2. The Morgan fingerprint density at radius 2 is 0.911 bits per heavy atom. The third-order valence-electron chi connectivity index (χ3n) is 9.23. The number of ketones is 1. The standard InChI is InChI=1S/C38H40O18/c1-16(39)25-30(46)26(37-35(51)33(49)28(44)21(55-37)14-53-23(42)12-6-17-2-8-19(40)9-3-17)32(48)27(31(25)47)38-36(52)34(50)29(45)22(56-38)15-54-24(43)13-7-18-4-10-20(41)11-5-18/h2-13,21-22,28-29,33-38,40-41,44-52H,14-15H2,1H3/b12-6+,13-7+/t21-,22-,28-,29-,33+,34+,35-,36-,37+,38+/m1/s1. The van der Waals surface area contributed by atoms with Gasteiger partial charge >= 0.3 is 11.9 Å². The van der Waals surface area contributed by atoms with Gasteiger partial charge in [-0.05, 0) is 54.5 Å². The molecule has 18 heteroatoms. The number of aliphatic hydroxyl groups excluding tert-OH is 6. The summed E-state index contributed by atoms with van der Waals surface area (Å²) in [6.07, 6.45) is -14.9. The molecule has 2 fully saturated rings. The van der Waals surface area contributed by atoms with Crippen molar-refractivity contribution in [1.29, 1.82) is 0 Å². The first-order valence-electron chi connectivity index (χ1n) is 17.0. The third kappa shape index (κ3) is 8.93. The lowest BCUT2D eigenvalue weighted by Gasteiger charge is -2.42. The number of rotatable bonds is 11. The maximum Gasteiger partial charge on any atom is 0.330 e. The number of ether oxygens (including phenoxy) is 4. The highest BCUT2D eigenvalue weighted by atomic mass is 16.6. The quantitative estimate of drug-likeness (QED) is 0.0691. The Morgan fingerprint density at radius 3 is 1.25 bits per heavy atom. The Bertz CT molecular complexity index is 1830. The van der Waals surface area contributed by atoms with Gasteiger partial charge in [0.2, 0.25) is 0 Å². The van der Waals surface area contributed by atoms with Crippen LogP contribution in [0, 0.1) is 0 Å². The summed E-state index contributed by atoms with van der Waals surface area (Å²) in [6, 6.07) is 11.5. The zero-order valence-electron chi connectivity index (χ0n) is 29.4. The molecule has 11 N–H and O–H groups in total. The molecule has 3 aromatic carbocycles. The van der Waals surface area contributed by atoms with Gasteiger partial charge in [-0.15, -0.1) is 0 Å². The number of hydrogen-bond donors (Lipinski definition) is 11. The van der Waals surface area contributed by atoms with Crippen molar-refractivity contribution in [2.45, 2.75) is 68.0 Å². The van der Waals surface area contributed by atoms with Gasteiger partial charge < -0.3 is 75.1 Å². The molecule has 2 heterocycles. The molecule has 2 aliphatic rings. The summed E-state index contributed by atoms with van der Waals surface area (Å²) in [7, 11) is 0. The number of aliphatic hydroxyl groups is 6. The van der Waals surface area contributed by atoms with Gasteiger partial charge in [-0.25, -0.2) is 9.59 Å². The molecule has 0 aliphatic carbocycles. The van der Waals surface area contributed by atoms with Gasteiger partial charge in [-0.1, -0.05) is 24.3 Å². The van der Waals surface area contributed by atoms with Crippen molar-refractivity contribution in [3.63, 3.8) is 0 Å². The Labute approximate surface area is 317 Å². The van der Waals surface area contributed by atoms with E-state index in [-0.39, 0.29) is 11.5 Å². The van der Waals surface area contributed by atoms with Crippen LogP contribution in [-0.2, 0) is 28.5 Å². The average molecular weight is 785 g/mol. The van der Waals surface area contributed by atoms with E-state index in [1.165, 1.54) is 60.7 Å².